The van der Waals surface area contributed by atoms with Crippen LogP contribution in [0, 0.1) is 5.82 Å². The predicted molar refractivity (Wildman–Crippen MR) is 60.1 cm³/mol. The molecule has 0 fully saturated rings. The van der Waals surface area contributed by atoms with Crippen LogP contribution in [0.15, 0.2) is 22.7 Å². The first kappa shape index (κ1) is 12.6. The Hall–Kier alpha value is -0.450. The highest BCUT2D eigenvalue weighted by atomic mass is 79.9. The van der Waals surface area contributed by atoms with Gasteiger partial charge >= 0.3 is 0 Å². The van der Waals surface area contributed by atoms with Crippen LogP contribution in [0.5, 0.6) is 0 Å². The summed E-state index contributed by atoms with van der Waals surface area (Å²) in [5, 5.41) is 0. The molecule has 0 aliphatic carbocycles. The van der Waals surface area contributed by atoms with E-state index in [-0.39, 0.29) is 5.82 Å². The Balaban J connectivity index is 2.89. The van der Waals surface area contributed by atoms with Gasteiger partial charge in [-0.05, 0) is 32.0 Å². The van der Waals surface area contributed by atoms with Crippen molar-refractivity contribution in [2.45, 2.75) is 20.1 Å². The minimum atomic E-state index is -0.435. The molecular formula is C11H14BrFO2. The second kappa shape index (κ2) is 6.20. The fourth-order valence-corrected chi connectivity index (χ4v) is 1.76. The van der Waals surface area contributed by atoms with Crippen molar-refractivity contribution in [1.82, 2.24) is 0 Å². The molecule has 1 rings (SSSR count). The zero-order valence-electron chi connectivity index (χ0n) is 8.80. The summed E-state index contributed by atoms with van der Waals surface area (Å²) in [6, 6.07) is 4.46. The number of benzene rings is 1. The van der Waals surface area contributed by atoms with E-state index in [1.807, 2.05) is 13.8 Å². The quantitative estimate of drug-likeness (QED) is 0.765. The molecule has 0 spiro atoms. The summed E-state index contributed by atoms with van der Waals surface area (Å²) in [4.78, 5) is 0. The number of hydrogen-bond donors (Lipinski definition) is 0. The lowest BCUT2D eigenvalue weighted by Crippen LogP contribution is -2.09. The minimum Gasteiger partial charge on any atom is -0.349 e. The van der Waals surface area contributed by atoms with E-state index in [2.05, 4.69) is 15.9 Å². The Labute approximate surface area is 97.5 Å². The summed E-state index contributed by atoms with van der Waals surface area (Å²) in [6.07, 6.45) is -0.435. The normalized spacial score (nSPS) is 11.0. The van der Waals surface area contributed by atoms with Gasteiger partial charge in [0.25, 0.3) is 0 Å². The molecule has 0 heterocycles. The van der Waals surface area contributed by atoms with Crippen LogP contribution < -0.4 is 0 Å². The highest BCUT2D eigenvalue weighted by Crippen LogP contribution is 2.27. The molecule has 84 valence electrons. The van der Waals surface area contributed by atoms with E-state index in [0.29, 0.717) is 17.7 Å². The lowest BCUT2D eigenvalue weighted by molar-refractivity contribution is -0.140. The van der Waals surface area contributed by atoms with Crippen LogP contribution in [0.2, 0.25) is 0 Å². The molecule has 0 N–H and O–H groups in total. The van der Waals surface area contributed by atoms with Crippen molar-refractivity contribution in [2.24, 2.45) is 0 Å². The topological polar surface area (TPSA) is 18.5 Å². The summed E-state index contributed by atoms with van der Waals surface area (Å²) in [5.74, 6) is -0.280. The highest BCUT2D eigenvalue weighted by molar-refractivity contribution is 9.10. The number of rotatable bonds is 5. The molecule has 0 bridgehead atoms. The molecule has 0 amide bonds. The second-order valence-corrected chi connectivity index (χ2v) is 3.76. The van der Waals surface area contributed by atoms with E-state index in [9.17, 15) is 4.39 Å². The Morgan fingerprint density at radius 1 is 1.27 bits per heavy atom. The van der Waals surface area contributed by atoms with Crippen molar-refractivity contribution in [3.8, 4) is 0 Å². The maximum Gasteiger partial charge on any atom is 0.184 e. The maximum atomic E-state index is 12.9. The van der Waals surface area contributed by atoms with Gasteiger partial charge in [-0.15, -0.1) is 0 Å². The van der Waals surface area contributed by atoms with Crippen LogP contribution >= 0.6 is 15.9 Å². The Morgan fingerprint density at radius 3 is 2.33 bits per heavy atom. The molecule has 0 aliphatic rings. The van der Waals surface area contributed by atoms with Gasteiger partial charge in [-0.1, -0.05) is 15.9 Å². The number of halogens is 2. The first-order valence-electron chi connectivity index (χ1n) is 4.87. The molecule has 0 aliphatic heterocycles. The monoisotopic (exact) mass is 276 g/mol. The van der Waals surface area contributed by atoms with Crippen molar-refractivity contribution in [2.75, 3.05) is 13.2 Å². The zero-order valence-corrected chi connectivity index (χ0v) is 10.4. The summed E-state index contributed by atoms with van der Waals surface area (Å²) in [5.41, 5.74) is 0.806. The SMILES string of the molecule is CCOC(OCC)c1ccc(F)cc1Br. The minimum absolute atomic E-state index is 0.280. The van der Waals surface area contributed by atoms with Gasteiger partial charge in [0.05, 0.1) is 0 Å². The smallest absolute Gasteiger partial charge is 0.184 e. The molecule has 0 aromatic heterocycles. The van der Waals surface area contributed by atoms with Crippen molar-refractivity contribution in [1.29, 1.82) is 0 Å². The van der Waals surface area contributed by atoms with Crippen LogP contribution in [-0.4, -0.2) is 13.2 Å². The number of hydrogen-bond acceptors (Lipinski definition) is 2. The van der Waals surface area contributed by atoms with Crippen molar-refractivity contribution < 1.29 is 13.9 Å². The Bertz CT molecular complexity index is 311. The van der Waals surface area contributed by atoms with Gasteiger partial charge in [-0.25, -0.2) is 4.39 Å². The van der Waals surface area contributed by atoms with Crippen LogP contribution in [-0.2, 0) is 9.47 Å². The lowest BCUT2D eigenvalue weighted by atomic mass is 10.2. The maximum absolute atomic E-state index is 12.9. The molecule has 0 atom stereocenters. The van der Waals surface area contributed by atoms with E-state index in [4.69, 9.17) is 9.47 Å². The van der Waals surface area contributed by atoms with Gasteiger partial charge in [0.1, 0.15) is 5.82 Å². The van der Waals surface area contributed by atoms with Gasteiger partial charge in [0.2, 0.25) is 0 Å². The second-order valence-electron chi connectivity index (χ2n) is 2.91. The van der Waals surface area contributed by atoms with Crippen LogP contribution in [0.25, 0.3) is 0 Å². The molecule has 2 nitrogen and oxygen atoms in total. The molecule has 15 heavy (non-hydrogen) atoms. The average molecular weight is 277 g/mol. The summed E-state index contributed by atoms with van der Waals surface area (Å²) in [6.45, 7) is 4.88. The largest absolute Gasteiger partial charge is 0.349 e. The third-order valence-corrected chi connectivity index (χ3v) is 2.54. The predicted octanol–water partition coefficient (Wildman–Crippen LogP) is 3.66. The average Bonchev–Trinajstić information content (AvgIpc) is 2.17. The van der Waals surface area contributed by atoms with Gasteiger partial charge in [-0.3, -0.25) is 0 Å². The van der Waals surface area contributed by atoms with E-state index in [1.54, 1.807) is 6.07 Å². The Kier molecular flexibility index (Phi) is 5.22. The van der Waals surface area contributed by atoms with Gasteiger partial charge in [-0.2, -0.15) is 0 Å². The fourth-order valence-electron chi connectivity index (χ4n) is 1.22. The fraction of sp³-hybridized carbons (Fsp3) is 0.455. The molecule has 1 aromatic carbocycles. The summed E-state index contributed by atoms with van der Waals surface area (Å²) in [7, 11) is 0. The van der Waals surface area contributed by atoms with E-state index < -0.39 is 6.29 Å². The van der Waals surface area contributed by atoms with Crippen LogP contribution in [0.1, 0.15) is 25.7 Å². The Morgan fingerprint density at radius 2 is 1.87 bits per heavy atom. The molecule has 1 aromatic rings. The van der Waals surface area contributed by atoms with Crippen LogP contribution in [0.3, 0.4) is 0 Å². The third-order valence-electron chi connectivity index (χ3n) is 1.85. The molecule has 0 unspecified atom stereocenters. The third kappa shape index (κ3) is 3.55. The summed E-state index contributed by atoms with van der Waals surface area (Å²) < 4.78 is 24.4. The first-order valence-corrected chi connectivity index (χ1v) is 5.66. The van der Waals surface area contributed by atoms with Crippen molar-refractivity contribution >= 4 is 15.9 Å². The standard InChI is InChI=1S/C11H14BrFO2/c1-3-14-11(15-4-2)9-6-5-8(13)7-10(9)12/h5-7,11H,3-4H2,1-2H3. The van der Waals surface area contributed by atoms with Gasteiger partial charge < -0.3 is 9.47 Å². The van der Waals surface area contributed by atoms with Gasteiger partial charge in [0.15, 0.2) is 6.29 Å². The first-order chi connectivity index (χ1) is 7.19. The molecule has 0 saturated heterocycles. The zero-order chi connectivity index (χ0) is 11.3. The highest BCUT2D eigenvalue weighted by Gasteiger charge is 2.14. The van der Waals surface area contributed by atoms with Crippen molar-refractivity contribution in [3.05, 3.63) is 34.1 Å². The van der Waals surface area contributed by atoms with E-state index >= 15 is 0 Å². The molecule has 0 radical (unpaired) electrons. The lowest BCUT2D eigenvalue weighted by Gasteiger charge is -2.18. The van der Waals surface area contributed by atoms with Crippen molar-refractivity contribution in [3.63, 3.8) is 0 Å². The molecule has 4 heteroatoms. The van der Waals surface area contributed by atoms with E-state index in [0.717, 1.165) is 5.56 Å². The number of ether oxygens (including phenoxy) is 2. The van der Waals surface area contributed by atoms with Gasteiger partial charge in [0, 0.05) is 23.2 Å². The molecule has 0 saturated carbocycles. The van der Waals surface area contributed by atoms with E-state index in [1.165, 1.54) is 12.1 Å². The summed E-state index contributed by atoms with van der Waals surface area (Å²) >= 11 is 3.29. The molecular weight excluding hydrogens is 263 g/mol. The van der Waals surface area contributed by atoms with Crippen LogP contribution in [0.4, 0.5) is 4.39 Å².